The Morgan fingerprint density at radius 3 is 1.88 bits per heavy atom. The molecule has 0 N–H and O–H groups in total. The largest absolute Gasteiger partial charge is 0.172 e. The summed E-state index contributed by atoms with van der Waals surface area (Å²) in [6, 6.07) is 0. The van der Waals surface area contributed by atoms with Gasteiger partial charge in [-0.15, -0.1) is 0 Å². The first-order valence-electron chi connectivity index (χ1n) is 10.8. The number of rotatable bonds is 4. The van der Waals surface area contributed by atoms with Gasteiger partial charge in [-0.25, -0.2) is 0 Å². The monoisotopic (exact) mass is 380 g/mol. The molecule has 154 valence electrons. The Labute approximate surface area is 171 Å². The van der Waals surface area contributed by atoms with Crippen LogP contribution in [0.2, 0.25) is 0 Å². The zero-order chi connectivity index (χ0) is 20.9. The summed E-state index contributed by atoms with van der Waals surface area (Å²) in [6.45, 7) is 31.9. The van der Waals surface area contributed by atoms with E-state index in [4.69, 9.17) is 12.6 Å². The van der Waals surface area contributed by atoms with E-state index in [1.165, 1.54) is 6.42 Å². The third-order valence-electron chi connectivity index (χ3n) is 9.50. The summed E-state index contributed by atoms with van der Waals surface area (Å²) < 4.78 is -0.0166. The first kappa shape index (κ1) is 24.1. The fraction of sp³-hybridized carbons (Fsp3) is 0.920. The molecular formula is C25H48S. The quantitative estimate of drug-likeness (QED) is 0.367. The van der Waals surface area contributed by atoms with Gasteiger partial charge in [-0.05, 0) is 66.1 Å². The third-order valence-corrected chi connectivity index (χ3v) is 10.4. The van der Waals surface area contributed by atoms with Crippen molar-refractivity contribution in [2.45, 2.75) is 108 Å². The molecule has 0 nitrogen and oxygen atoms in total. The molecule has 0 aromatic carbocycles. The molecule has 6 unspecified atom stereocenters. The second-order valence-corrected chi connectivity index (χ2v) is 12.6. The second kappa shape index (κ2) is 7.16. The van der Waals surface area contributed by atoms with Crippen LogP contribution in [0, 0.1) is 39.4 Å². The summed E-state index contributed by atoms with van der Waals surface area (Å²) in [4.78, 5) is 0. The fourth-order valence-electron chi connectivity index (χ4n) is 7.19. The van der Waals surface area contributed by atoms with Crippen molar-refractivity contribution in [3.8, 4) is 0 Å². The molecule has 0 spiro atoms. The van der Waals surface area contributed by atoms with E-state index >= 15 is 0 Å². The summed E-state index contributed by atoms with van der Waals surface area (Å²) in [5.41, 5.74) is 2.20. The highest BCUT2D eigenvalue weighted by atomic mass is 32.1. The van der Waals surface area contributed by atoms with Gasteiger partial charge in [0.15, 0.2) is 0 Å². The summed E-state index contributed by atoms with van der Waals surface area (Å²) in [5, 5.41) is 0. The van der Waals surface area contributed by atoms with Crippen LogP contribution < -0.4 is 0 Å². The highest BCUT2D eigenvalue weighted by Crippen LogP contribution is 2.73. The SMILES string of the molecule is C/C=C(/C)C1(C)C(C)CC(C)C(C(C)(C)C)C1(C)C(C)(C)C(C)(S)CC. The van der Waals surface area contributed by atoms with Gasteiger partial charge in [0.05, 0.1) is 0 Å². The van der Waals surface area contributed by atoms with Crippen molar-refractivity contribution in [3.05, 3.63) is 11.6 Å². The van der Waals surface area contributed by atoms with Crippen molar-refractivity contribution < 1.29 is 0 Å². The van der Waals surface area contributed by atoms with Crippen LogP contribution in [-0.2, 0) is 0 Å². The van der Waals surface area contributed by atoms with Crippen LogP contribution in [0.3, 0.4) is 0 Å². The molecule has 0 bridgehead atoms. The molecule has 1 aliphatic carbocycles. The van der Waals surface area contributed by atoms with Crippen LogP contribution in [-0.4, -0.2) is 4.75 Å². The lowest BCUT2D eigenvalue weighted by Gasteiger charge is -2.71. The van der Waals surface area contributed by atoms with E-state index < -0.39 is 0 Å². The number of hydrogen-bond donors (Lipinski definition) is 1. The average molecular weight is 381 g/mol. The normalized spacial score (nSPS) is 39.6. The standard InChI is InChI=1S/C25H48S/c1-14-18(4)24(12)19(5)16-17(3)20(21(6,7)8)25(24,13)22(9,10)23(11,26)15-2/h14,17,19-20,26H,15-16H2,1-13H3/b18-14-. The number of thiol groups is 1. The maximum atomic E-state index is 5.28. The molecule has 1 rings (SSSR count). The molecule has 26 heavy (non-hydrogen) atoms. The van der Waals surface area contributed by atoms with Gasteiger partial charge in [0.1, 0.15) is 0 Å². The van der Waals surface area contributed by atoms with E-state index in [1.807, 2.05) is 0 Å². The lowest BCUT2D eigenvalue weighted by atomic mass is 9.34. The highest BCUT2D eigenvalue weighted by Gasteiger charge is 2.68. The van der Waals surface area contributed by atoms with Crippen molar-refractivity contribution in [3.63, 3.8) is 0 Å². The van der Waals surface area contributed by atoms with Crippen LogP contribution in [0.25, 0.3) is 0 Å². The first-order chi connectivity index (χ1) is 11.5. The Balaban J connectivity index is 3.98. The summed E-state index contributed by atoms with van der Waals surface area (Å²) >= 11 is 5.28. The number of hydrogen-bond acceptors (Lipinski definition) is 1. The van der Waals surface area contributed by atoms with Crippen LogP contribution in [0.5, 0.6) is 0 Å². The topological polar surface area (TPSA) is 0 Å². The predicted octanol–water partition coefficient (Wildman–Crippen LogP) is 8.43. The second-order valence-electron chi connectivity index (χ2n) is 11.6. The van der Waals surface area contributed by atoms with E-state index in [0.29, 0.717) is 17.8 Å². The minimum atomic E-state index is -0.0166. The Morgan fingerprint density at radius 1 is 1.08 bits per heavy atom. The van der Waals surface area contributed by atoms with Gasteiger partial charge in [-0.3, -0.25) is 0 Å². The van der Waals surface area contributed by atoms with Crippen molar-refractivity contribution >= 4 is 12.6 Å². The molecule has 1 fully saturated rings. The Bertz CT molecular complexity index is 533. The summed E-state index contributed by atoms with van der Waals surface area (Å²) in [7, 11) is 0. The minimum Gasteiger partial charge on any atom is -0.172 e. The molecule has 1 aliphatic rings. The molecule has 1 saturated carbocycles. The van der Waals surface area contributed by atoms with Crippen LogP contribution in [0.15, 0.2) is 11.6 Å². The van der Waals surface area contributed by atoms with Gasteiger partial charge in [0.2, 0.25) is 0 Å². The van der Waals surface area contributed by atoms with E-state index in [1.54, 1.807) is 5.57 Å². The summed E-state index contributed by atoms with van der Waals surface area (Å²) in [5.74, 6) is 2.02. The maximum Gasteiger partial charge on any atom is 0.0155 e. The van der Waals surface area contributed by atoms with E-state index in [0.717, 1.165) is 6.42 Å². The third kappa shape index (κ3) is 3.13. The molecule has 1 heteroatoms. The highest BCUT2D eigenvalue weighted by molar-refractivity contribution is 7.81. The lowest BCUT2D eigenvalue weighted by Crippen LogP contribution is -2.67. The van der Waals surface area contributed by atoms with Crippen LogP contribution in [0.1, 0.15) is 103 Å². The van der Waals surface area contributed by atoms with Gasteiger partial charge in [-0.2, -0.15) is 12.6 Å². The Kier molecular flexibility index (Phi) is 6.65. The predicted molar refractivity (Wildman–Crippen MR) is 123 cm³/mol. The van der Waals surface area contributed by atoms with Crippen molar-refractivity contribution in [2.24, 2.45) is 39.4 Å². The van der Waals surface area contributed by atoms with Crippen LogP contribution >= 0.6 is 12.6 Å². The van der Waals surface area contributed by atoms with Crippen molar-refractivity contribution in [2.75, 3.05) is 0 Å². The molecule has 0 aromatic heterocycles. The molecule has 0 radical (unpaired) electrons. The molecular weight excluding hydrogens is 332 g/mol. The maximum absolute atomic E-state index is 5.28. The smallest absolute Gasteiger partial charge is 0.0155 e. The molecule has 0 amide bonds. The van der Waals surface area contributed by atoms with Crippen molar-refractivity contribution in [1.82, 2.24) is 0 Å². The zero-order valence-corrected chi connectivity index (χ0v) is 21.1. The van der Waals surface area contributed by atoms with Gasteiger partial charge in [0, 0.05) is 4.75 Å². The Morgan fingerprint density at radius 2 is 1.54 bits per heavy atom. The zero-order valence-electron chi connectivity index (χ0n) is 20.2. The van der Waals surface area contributed by atoms with Crippen molar-refractivity contribution in [1.29, 1.82) is 0 Å². The molecule has 0 saturated heterocycles. The molecule has 0 heterocycles. The van der Waals surface area contributed by atoms with Crippen LogP contribution in [0.4, 0.5) is 0 Å². The Hall–Kier alpha value is 0.0900. The molecule has 0 aromatic rings. The van der Waals surface area contributed by atoms with Gasteiger partial charge >= 0.3 is 0 Å². The molecule has 6 atom stereocenters. The lowest BCUT2D eigenvalue weighted by molar-refractivity contribution is -0.195. The van der Waals surface area contributed by atoms with Gasteiger partial charge < -0.3 is 0 Å². The van der Waals surface area contributed by atoms with Gasteiger partial charge in [0.25, 0.3) is 0 Å². The number of allylic oxidation sites excluding steroid dienone is 2. The van der Waals surface area contributed by atoms with E-state index in [9.17, 15) is 0 Å². The van der Waals surface area contributed by atoms with Gasteiger partial charge in [-0.1, -0.05) is 87.8 Å². The van der Waals surface area contributed by atoms with E-state index in [-0.39, 0.29) is 26.4 Å². The van der Waals surface area contributed by atoms with E-state index in [2.05, 4.69) is 96.1 Å². The summed E-state index contributed by atoms with van der Waals surface area (Å²) in [6.07, 6.45) is 4.77. The minimum absolute atomic E-state index is 0.0166. The average Bonchev–Trinajstić information content (AvgIpc) is 2.49. The first-order valence-corrected chi connectivity index (χ1v) is 11.3. The molecule has 0 aliphatic heterocycles. The fourth-order valence-corrected chi connectivity index (χ4v) is 7.42.